The van der Waals surface area contributed by atoms with Crippen molar-refractivity contribution in [2.75, 3.05) is 4.90 Å². The topological polar surface area (TPSA) is 28.7 Å². The van der Waals surface area contributed by atoms with Crippen LogP contribution in [-0.4, -0.2) is 5.71 Å². The van der Waals surface area contributed by atoms with Gasteiger partial charge in [-0.3, -0.25) is 4.99 Å². The average molecular weight is 783 g/mol. The van der Waals surface area contributed by atoms with Crippen LogP contribution in [0.4, 0.5) is 17.1 Å². The van der Waals surface area contributed by atoms with Crippen molar-refractivity contribution in [3.05, 3.63) is 246 Å². The van der Waals surface area contributed by atoms with Crippen molar-refractivity contribution in [1.29, 1.82) is 0 Å². The fraction of sp³-hybridized carbons (Fsp3) is 0.0517. The van der Waals surface area contributed by atoms with Crippen molar-refractivity contribution in [3.63, 3.8) is 0 Å². The Hall–Kier alpha value is -7.75. The highest BCUT2D eigenvalue weighted by molar-refractivity contribution is 6.13. The molecule has 2 aliphatic rings. The maximum absolute atomic E-state index is 6.71. The monoisotopic (exact) mass is 782 g/mol. The molecule has 1 atom stereocenters. The predicted octanol–water partition coefficient (Wildman–Crippen LogP) is 15.4. The molecule has 0 bridgehead atoms. The van der Waals surface area contributed by atoms with Crippen LogP contribution in [-0.2, 0) is 6.42 Å². The molecule has 290 valence electrons. The van der Waals surface area contributed by atoms with Crippen LogP contribution in [0, 0.1) is 5.92 Å². The smallest absolute Gasteiger partial charge is 0.137 e. The van der Waals surface area contributed by atoms with Crippen LogP contribution in [0.15, 0.2) is 233 Å². The first-order valence-electron chi connectivity index (χ1n) is 21.1. The Balaban J connectivity index is 0.977. The van der Waals surface area contributed by atoms with E-state index in [1.807, 2.05) is 0 Å². The highest BCUT2D eigenvalue weighted by Crippen LogP contribution is 2.42. The number of rotatable bonds is 8. The summed E-state index contributed by atoms with van der Waals surface area (Å²) in [6.45, 7) is 0. The number of allylic oxidation sites excluding steroid dienone is 4. The number of nitrogens with zero attached hydrogens (tertiary/aromatic N) is 2. The number of aliphatic imine (C=N–C) groups is 1. The SMILES string of the molecule is C1=CC(C2=CCC(c3ccccc3)=NC(c3cccc(-c4cccc5oc6cc(N(c7ccccc7)c7ccc(-c8ccccc8)cc7)ccc6c45)c3)=C2)Cc2ccccc21. The van der Waals surface area contributed by atoms with E-state index in [0.29, 0.717) is 0 Å². The highest BCUT2D eigenvalue weighted by atomic mass is 16.3. The Bertz CT molecular complexity index is 3170. The fourth-order valence-electron chi connectivity index (χ4n) is 9.01. The van der Waals surface area contributed by atoms with Gasteiger partial charge in [-0.2, -0.15) is 0 Å². The summed E-state index contributed by atoms with van der Waals surface area (Å²) in [6.07, 6.45) is 11.1. The molecule has 9 aromatic rings. The molecular weight excluding hydrogens is 741 g/mol. The molecule has 0 amide bonds. The second-order valence-corrected chi connectivity index (χ2v) is 15.9. The van der Waals surface area contributed by atoms with Gasteiger partial charge in [0.15, 0.2) is 0 Å². The number of anilines is 3. The van der Waals surface area contributed by atoms with Gasteiger partial charge in [-0.05, 0) is 106 Å². The lowest BCUT2D eigenvalue weighted by molar-refractivity contribution is 0.669. The second-order valence-electron chi connectivity index (χ2n) is 15.9. The number of furan rings is 1. The zero-order chi connectivity index (χ0) is 40.5. The minimum atomic E-state index is 0.279. The summed E-state index contributed by atoms with van der Waals surface area (Å²) in [5.41, 5.74) is 17.8. The summed E-state index contributed by atoms with van der Waals surface area (Å²) >= 11 is 0. The van der Waals surface area contributed by atoms with Gasteiger partial charge in [-0.25, -0.2) is 0 Å². The molecule has 11 rings (SSSR count). The Morgan fingerprint density at radius 2 is 1.16 bits per heavy atom. The second kappa shape index (κ2) is 15.8. The maximum Gasteiger partial charge on any atom is 0.137 e. The number of para-hydroxylation sites is 1. The minimum Gasteiger partial charge on any atom is -0.456 e. The molecular formula is C58H42N2O. The molecule has 0 saturated carbocycles. The first-order valence-corrected chi connectivity index (χ1v) is 21.1. The first kappa shape index (κ1) is 36.3. The van der Waals surface area contributed by atoms with E-state index in [1.54, 1.807) is 0 Å². The van der Waals surface area contributed by atoms with Crippen molar-refractivity contribution < 1.29 is 4.42 Å². The van der Waals surface area contributed by atoms with E-state index in [4.69, 9.17) is 9.41 Å². The van der Waals surface area contributed by atoms with Crippen molar-refractivity contribution in [1.82, 2.24) is 0 Å². The van der Waals surface area contributed by atoms with E-state index in [-0.39, 0.29) is 5.92 Å². The molecule has 8 aromatic carbocycles. The Labute approximate surface area is 356 Å². The summed E-state index contributed by atoms with van der Waals surface area (Å²) in [5, 5.41) is 2.19. The Morgan fingerprint density at radius 3 is 1.98 bits per heavy atom. The van der Waals surface area contributed by atoms with Crippen molar-refractivity contribution in [2.45, 2.75) is 12.8 Å². The van der Waals surface area contributed by atoms with E-state index >= 15 is 0 Å². The van der Waals surface area contributed by atoms with Gasteiger partial charge < -0.3 is 9.32 Å². The lowest BCUT2D eigenvalue weighted by Crippen LogP contribution is -2.09. The largest absolute Gasteiger partial charge is 0.456 e. The molecule has 0 N–H and O–H groups in total. The van der Waals surface area contributed by atoms with Crippen LogP contribution >= 0.6 is 0 Å². The summed E-state index contributed by atoms with van der Waals surface area (Å²) in [4.78, 5) is 7.71. The van der Waals surface area contributed by atoms with Crippen molar-refractivity contribution in [3.8, 4) is 22.3 Å². The van der Waals surface area contributed by atoms with E-state index < -0.39 is 0 Å². The lowest BCUT2D eigenvalue weighted by Gasteiger charge is -2.25. The molecule has 1 aromatic heterocycles. The molecule has 61 heavy (non-hydrogen) atoms. The summed E-state index contributed by atoms with van der Waals surface area (Å²) in [6, 6.07) is 71.0. The number of benzene rings is 8. The quantitative estimate of drug-likeness (QED) is 0.154. The normalized spacial score (nSPS) is 14.8. The van der Waals surface area contributed by atoms with Gasteiger partial charge >= 0.3 is 0 Å². The average Bonchev–Trinajstić information content (AvgIpc) is 3.56. The van der Waals surface area contributed by atoms with Gasteiger partial charge in [0.05, 0.1) is 11.4 Å². The van der Waals surface area contributed by atoms with Gasteiger partial charge in [0, 0.05) is 51.8 Å². The Morgan fingerprint density at radius 1 is 0.508 bits per heavy atom. The van der Waals surface area contributed by atoms with Crippen LogP contribution in [0.2, 0.25) is 0 Å². The third-order valence-corrected chi connectivity index (χ3v) is 12.1. The van der Waals surface area contributed by atoms with Gasteiger partial charge in [0.1, 0.15) is 11.2 Å². The molecule has 0 fully saturated rings. The molecule has 2 heterocycles. The molecule has 0 radical (unpaired) electrons. The predicted molar refractivity (Wildman–Crippen MR) is 256 cm³/mol. The molecule has 3 heteroatoms. The van der Waals surface area contributed by atoms with Crippen molar-refractivity contribution in [2.24, 2.45) is 10.9 Å². The van der Waals surface area contributed by atoms with E-state index in [9.17, 15) is 0 Å². The molecule has 3 nitrogen and oxygen atoms in total. The zero-order valence-corrected chi connectivity index (χ0v) is 33.7. The van der Waals surface area contributed by atoms with Gasteiger partial charge in [0.2, 0.25) is 0 Å². The Kier molecular flexibility index (Phi) is 9.40. The molecule has 1 unspecified atom stereocenters. The maximum atomic E-state index is 6.71. The highest BCUT2D eigenvalue weighted by Gasteiger charge is 2.21. The van der Waals surface area contributed by atoms with Crippen LogP contribution in [0.25, 0.3) is 56.0 Å². The molecule has 1 aliphatic carbocycles. The van der Waals surface area contributed by atoms with E-state index in [0.717, 1.165) is 85.5 Å². The standard InChI is InChI=1S/C58H42N2O/c1-4-14-40(15-5-1)42-28-31-50(32-29-42)60(49-22-8-3-9-23-49)51-33-34-53-57(39-51)61-56-25-13-24-52(58(53)56)47-20-12-21-48(37-47)55-38-46(30-35-54(59-55)43-17-6-2-7-18-43)45-27-26-41-16-10-11-19-44(41)36-45/h1-34,37-39,45H,35-36H2. The van der Waals surface area contributed by atoms with Crippen molar-refractivity contribution >= 4 is 56.5 Å². The fourth-order valence-corrected chi connectivity index (χ4v) is 9.01. The number of hydrogen-bond donors (Lipinski definition) is 0. The molecule has 0 saturated heterocycles. The first-order chi connectivity index (χ1) is 30.2. The zero-order valence-electron chi connectivity index (χ0n) is 33.7. The van der Waals surface area contributed by atoms with E-state index in [2.05, 4.69) is 229 Å². The number of fused-ring (bicyclic) bond motifs is 4. The van der Waals surface area contributed by atoms with Crippen LogP contribution < -0.4 is 4.90 Å². The summed E-state index contributed by atoms with van der Waals surface area (Å²) < 4.78 is 6.71. The van der Waals surface area contributed by atoms with Crippen LogP contribution in [0.1, 0.15) is 28.7 Å². The third kappa shape index (κ3) is 7.11. The summed E-state index contributed by atoms with van der Waals surface area (Å²) in [7, 11) is 0. The summed E-state index contributed by atoms with van der Waals surface area (Å²) in [5.74, 6) is 0.279. The lowest BCUT2D eigenvalue weighted by atomic mass is 9.84. The number of hydrogen-bond acceptors (Lipinski definition) is 3. The van der Waals surface area contributed by atoms with Crippen LogP contribution in [0.5, 0.6) is 0 Å². The van der Waals surface area contributed by atoms with Gasteiger partial charge in [-0.15, -0.1) is 0 Å². The molecule has 1 aliphatic heterocycles. The molecule has 0 spiro atoms. The van der Waals surface area contributed by atoms with E-state index in [1.165, 1.54) is 27.8 Å². The minimum absolute atomic E-state index is 0.279. The van der Waals surface area contributed by atoms with Crippen LogP contribution in [0.3, 0.4) is 0 Å². The van der Waals surface area contributed by atoms with Gasteiger partial charge in [0.25, 0.3) is 0 Å². The van der Waals surface area contributed by atoms with Gasteiger partial charge in [-0.1, -0.05) is 164 Å². The third-order valence-electron chi connectivity index (χ3n) is 12.1.